The minimum atomic E-state index is -4.74. The maximum atomic E-state index is 13.4. The number of amides is 1. The number of nitrogens with zero attached hydrogens (tertiary/aromatic N) is 3. The van der Waals surface area contributed by atoms with Crippen molar-refractivity contribution >= 4 is 23.3 Å². The summed E-state index contributed by atoms with van der Waals surface area (Å²) in [5.74, 6) is 0.388. The highest BCUT2D eigenvalue weighted by Crippen LogP contribution is 2.35. The number of rotatable bonds is 9. The lowest BCUT2D eigenvalue weighted by Gasteiger charge is -2.23. The predicted octanol–water partition coefficient (Wildman–Crippen LogP) is 5.29. The Kier molecular flexibility index (Phi) is 7.99. The first-order chi connectivity index (χ1) is 18.8. The fourth-order valence-electron chi connectivity index (χ4n) is 4.64. The van der Waals surface area contributed by atoms with Crippen molar-refractivity contribution in [1.29, 1.82) is 0 Å². The van der Waals surface area contributed by atoms with E-state index in [-0.39, 0.29) is 16.9 Å². The van der Waals surface area contributed by atoms with E-state index in [9.17, 15) is 18.0 Å². The summed E-state index contributed by atoms with van der Waals surface area (Å²) >= 11 is 1.69. The van der Waals surface area contributed by atoms with Crippen LogP contribution in [0, 0.1) is 0 Å². The van der Waals surface area contributed by atoms with Crippen LogP contribution in [0.3, 0.4) is 0 Å². The molecule has 0 aliphatic carbocycles. The molecule has 1 saturated heterocycles. The third-order valence-electron chi connectivity index (χ3n) is 6.43. The van der Waals surface area contributed by atoms with Gasteiger partial charge in [0.15, 0.2) is 0 Å². The number of pyridine rings is 1. The van der Waals surface area contributed by atoms with Crippen LogP contribution in [0.15, 0.2) is 84.0 Å². The third kappa shape index (κ3) is 7.04. The normalized spacial score (nSPS) is 17.8. The number of methoxy groups -OCH3 is 1. The molecule has 0 radical (unpaired) electrons. The number of hydrogen-bond donors (Lipinski definition) is 1. The second kappa shape index (κ2) is 11.6. The molecule has 0 spiro atoms. The highest BCUT2D eigenvalue weighted by Gasteiger charge is 2.37. The highest BCUT2D eigenvalue weighted by molar-refractivity contribution is 8.00. The van der Waals surface area contributed by atoms with Crippen LogP contribution in [0.4, 0.5) is 13.2 Å². The number of carbonyl (C=O) groups is 1. The average Bonchev–Trinajstić information content (AvgIpc) is 3.51. The number of halogens is 3. The molecule has 3 heterocycles. The SMILES string of the molecule is COc1ccc(S[C@@H]2C[C@@H](C(=O)NCc3cn4ccccc4n3)N(Cc3ccc(OC(F)(F)F)cc3)C2)cc1. The molecule has 2 aromatic heterocycles. The summed E-state index contributed by atoms with van der Waals surface area (Å²) in [6.45, 7) is 1.35. The Morgan fingerprint density at radius 1 is 1.08 bits per heavy atom. The lowest BCUT2D eigenvalue weighted by Crippen LogP contribution is -2.42. The van der Waals surface area contributed by atoms with Gasteiger partial charge in [-0.25, -0.2) is 4.98 Å². The average molecular weight is 557 g/mol. The number of likely N-dealkylation sites (tertiary alicyclic amines) is 1. The van der Waals surface area contributed by atoms with Crippen LogP contribution in [0.25, 0.3) is 5.65 Å². The molecule has 39 heavy (non-hydrogen) atoms. The maximum Gasteiger partial charge on any atom is 0.573 e. The van der Waals surface area contributed by atoms with Gasteiger partial charge in [0, 0.05) is 35.6 Å². The third-order valence-corrected chi connectivity index (χ3v) is 7.65. The van der Waals surface area contributed by atoms with Gasteiger partial charge < -0.3 is 19.2 Å². The van der Waals surface area contributed by atoms with Crippen molar-refractivity contribution in [2.75, 3.05) is 13.7 Å². The second-order valence-electron chi connectivity index (χ2n) is 9.20. The largest absolute Gasteiger partial charge is 0.573 e. The molecular formula is C28H27F3N4O3S. The van der Waals surface area contributed by atoms with Crippen LogP contribution < -0.4 is 14.8 Å². The minimum Gasteiger partial charge on any atom is -0.497 e. The lowest BCUT2D eigenvalue weighted by atomic mass is 10.1. The molecule has 0 unspecified atom stereocenters. The van der Waals surface area contributed by atoms with Crippen molar-refractivity contribution in [2.24, 2.45) is 0 Å². The Labute approximate surface area is 227 Å². The summed E-state index contributed by atoms with van der Waals surface area (Å²) in [6, 6.07) is 18.9. The van der Waals surface area contributed by atoms with E-state index in [1.807, 2.05) is 59.3 Å². The van der Waals surface area contributed by atoms with Gasteiger partial charge in [-0.05, 0) is 60.5 Å². The molecule has 1 aliphatic heterocycles. The topological polar surface area (TPSA) is 68.1 Å². The standard InChI is InChI=1S/C28H27F3N4O3S/c1-37-21-9-11-23(12-10-21)39-24-14-25(27(36)32-15-20-17-34-13-3-2-4-26(34)33-20)35(18-24)16-19-5-7-22(8-6-19)38-28(29,30)31/h2-13,17,24-25H,14-16,18H2,1H3,(H,32,36)/t24-,25+/m1/s1. The quantitative estimate of drug-likeness (QED) is 0.302. The van der Waals surface area contributed by atoms with E-state index >= 15 is 0 Å². The molecule has 1 fully saturated rings. The van der Waals surface area contributed by atoms with Gasteiger partial charge in [-0.15, -0.1) is 24.9 Å². The zero-order valence-corrected chi connectivity index (χ0v) is 21.9. The minimum absolute atomic E-state index is 0.109. The van der Waals surface area contributed by atoms with Gasteiger partial charge in [-0.1, -0.05) is 18.2 Å². The van der Waals surface area contributed by atoms with Crippen LogP contribution in [0.1, 0.15) is 17.7 Å². The fraction of sp³-hybridized carbons (Fsp3) is 0.286. The predicted molar refractivity (Wildman–Crippen MR) is 142 cm³/mol. The Morgan fingerprint density at radius 2 is 1.82 bits per heavy atom. The van der Waals surface area contributed by atoms with Crippen LogP contribution in [-0.4, -0.2) is 51.5 Å². The van der Waals surface area contributed by atoms with Crippen molar-refractivity contribution in [3.8, 4) is 11.5 Å². The van der Waals surface area contributed by atoms with Gasteiger partial charge in [0.05, 0.1) is 25.4 Å². The van der Waals surface area contributed by atoms with Gasteiger partial charge in [0.1, 0.15) is 17.1 Å². The van der Waals surface area contributed by atoms with E-state index in [1.165, 1.54) is 12.1 Å². The van der Waals surface area contributed by atoms with E-state index in [0.717, 1.165) is 27.5 Å². The number of carbonyl (C=O) groups excluding carboxylic acids is 1. The Balaban J connectivity index is 1.28. The Hall–Kier alpha value is -3.70. The molecule has 204 valence electrons. The number of fused-ring (bicyclic) bond motifs is 1. The van der Waals surface area contributed by atoms with Gasteiger partial charge >= 0.3 is 6.36 Å². The molecule has 2 aromatic carbocycles. The molecule has 1 amide bonds. The summed E-state index contributed by atoms with van der Waals surface area (Å²) in [6.07, 6.45) is -0.331. The van der Waals surface area contributed by atoms with Crippen LogP contribution in [-0.2, 0) is 17.9 Å². The summed E-state index contributed by atoms with van der Waals surface area (Å²) in [5.41, 5.74) is 2.35. The van der Waals surface area contributed by atoms with Crippen molar-refractivity contribution in [3.05, 3.63) is 90.4 Å². The number of benzene rings is 2. The van der Waals surface area contributed by atoms with E-state index in [4.69, 9.17) is 4.74 Å². The number of nitrogens with one attached hydrogen (secondary N) is 1. The molecule has 1 N–H and O–H groups in total. The van der Waals surface area contributed by atoms with Gasteiger partial charge in [0.25, 0.3) is 0 Å². The van der Waals surface area contributed by atoms with Crippen LogP contribution in [0.2, 0.25) is 0 Å². The van der Waals surface area contributed by atoms with Crippen LogP contribution >= 0.6 is 11.8 Å². The Bertz CT molecular complexity index is 1380. The smallest absolute Gasteiger partial charge is 0.497 e. The fourth-order valence-corrected chi connectivity index (χ4v) is 5.86. The maximum absolute atomic E-state index is 13.4. The second-order valence-corrected chi connectivity index (χ2v) is 10.6. The van der Waals surface area contributed by atoms with Crippen molar-refractivity contribution in [2.45, 2.75) is 42.1 Å². The van der Waals surface area contributed by atoms with E-state index in [1.54, 1.807) is 31.0 Å². The van der Waals surface area contributed by atoms with Gasteiger partial charge in [-0.2, -0.15) is 0 Å². The molecule has 5 rings (SSSR count). The summed E-state index contributed by atoms with van der Waals surface area (Å²) in [5, 5.41) is 3.17. The van der Waals surface area contributed by atoms with Gasteiger partial charge in [-0.3, -0.25) is 9.69 Å². The molecule has 4 aromatic rings. The monoisotopic (exact) mass is 556 g/mol. The molecular weight excluding hydrogens is 529 g/mol. The molecule has 0 saturated carbocycles. The number of alkyl halides is 3. The number of imidazole rings is 1. The number of aromatic nitrogens is 2. The van der Waals surface area contributed by atoms with Gasteiger partial charge in [0.2, 0.25) is 5.91 Å². The molecule has 11 heteroatoms. The van der Waals surface area contributed by atoms with Crippen molar-refractivity contribution < 1.29 is 27.4 Å². The summed E-state index contributed by atoms with van der Waals surface area (Å²) < 4.78 is 48.7. The first-order valence-electron chi connectivity index (χ1n) is 12.4. The molecule has 0 bridgehead atoms. The summed E-state index contributed by atoms with van der Waals surface area (Å²) in [4.78, 5) is 21.1. The van der Waals surface area contributed by atoms with Crippen molar-refractivity contribution in [1.82, 2.24) is 19.6 Å². The first kappa shape index (κ1) is 26.9. The first-order valence-corrected chi connectivity index (χ1v) is 13.2. The zero-order valence-electron chi connectivity index (χ0n) is 21.1. The molecule has 2 atom stereocenters. The number of hydrogen-bond acceptors (Lipinski definition) is 6. The summed E-state index contributed by atoms with van der Waals surface area (Å²) in [7, 11) is 1.62. The Morgan fingerprint density at radius 3 is 2.51 bits per heavy atom. The number of ether oxygens (including phenoxy) is 2. The zero-order chi connectivity index (χ0) is 27.4. The molecule has 1 aliphatic rings. The highest BCUT2D eigenvalue weighted by atomic mass is 32.2. The van der Waals surface area contributed by atoms with E-state index in [0.29, 0.717) is 26.1 Å². The van der Waals surface area contributed by atoms with Crippen molar-refractivity contribution in [3.63, 3.8) is 0 Å². The molecule has 7 nitrogen and oxygen atoms in total. The van der Waals surface area contributed by atoms with E-state index in [2.05, 4.69) is 19.9 Å². The number of thioether (sulfide) groups is 1. The van der Waals surface area contributed by atoms with Crippen LogP contribution in [0.5, 0.6) is 11.5 Å². The lowest BCUT2D eigenvalue weighted by molar-refractivity contribution is -0.274. The van der Waals surface area contributed by atoms with E-state index < -0.39 is 12.4 Å².